The fourth-order valence-electron chi connectivity index (χ4n) is 4.11. The van der Waals surface area contributed by atoms with E-state index in [9.17, 15) is 18.0 Å². The van der Waals surface area contributed by atoms with Gasteiger partial charge in [-0.1, -0.05) is 83.0 Å². The quantitative estimate of drug-likeness (QED) is 0.309. The molecule has 0 heterocycles. The Morgan fingerprint density at radius 1 is 0.923 bits per heavy atom. The summed E-state index contributed by atoms with van der Waals surface area (Å²) in [7, 11) is -3.79. The molecule has 0 radical (unpaired) electrons. The molecule has 9 heteroatoms. The number of carbonyl (C=O) groups is 2. The number of amides is 2. The van der Waals surface area contributed by atoms with Crippen LogP contribution < -0.4 is 9.62 Å². The van der Waals surface area contributed by atoms with Crippen LogP contribution in [0.2, 0.25) is 0 Å². The van der Waals surface area contributed by atoms with Crippen LogP contribution in [0, 0.1) is 6.92 Å². The molecule has 0 bridgehead atoms. The van der Waals surface area contributed by atoms with Gasteiger partial charge in [-0.2, -0.15) is 0 Å². The molecule has 0 spiro atoms. The van der Waals surface area contributed by atoms with Crippen LogP contribution >= 0.6 is 15.9 Å². The van der Waals surface area contributed by atoms with Crippen molar-refractivity contribution in [3.63, 3.8) is 0 Å². The number of hydrogen-bond donors (Lipinski definition) is 1. The largest absolute Gasteiger partial charge is 0.352 e. The molecular formula is C30H36BrN3O4S. The number of nitrogens with zero attached hydrogens (tertiary/aromatic N) is 2. The molecule has 7 nitrogen and oxygen atoms in total. The van der Waals surface area contributed by atoms with Gasteiger partial charge in [-0.15, -0.1) is 0 Å². The zero-order valence-electron chi connectivity index (χ0n) is 22.8. The van der Waals surface area contributed by atoms with E-state index in [-0.39, 0.29) is 24.9 Å². The van der Waals surface area contributed by atoms with E-state index in [0.29, 0.717) is 5.69 Å². The number of benzene rings is 3. The van der Waals surface area contributed by atoms with Crippen molar-refractivity contribution < 1.29 is 18.0 Å². The van der Waals surface area contributed by atoms with Crippen LogP contribution in [0.15, 0.2) is 83.3 Å². The van der Waals surface area contributed by atoms with Crippen molar-refractivity contribution in [3.8, 4) is 0 Å². The van der Waals surface area contributed by atoms with Gasteiger partial charge in [0.15, 0.2) is 0 Å². The van der Waals surface area contributed by atoms with Crippen LogP contribution in [0.1, 0.15) is 37.0 Å². The summed E-state index contributed by atoms with van der Waals surface area (Å²) in [6.45, 7) is 5.52. The number of rotatable bonds is 12. The second-order valence-corrected chi connectivity index (χ2v) is 12.6. The number of hydrogen-bond acceptors (Lipinski definition) is 4. The molecule has 0 aliphatic carbocycles. The molecule has 0 unspecified atom stereocenters. The third kappa shape index (κ3) is 8.93. The highest BCUT2D eigenvalue weighted by Gasteiger charge is 2.33. The van der Waals surface area contributed by atoms with E-state index in [1.165, 1.54) is 4.90 Å². The summed E-state index contributed by atoms with van der Waals surface area (Å²) in [6.07, 6.45) is 2.10. The van der Waals surface area contributed by atoms with Crippen LogP contribution in [-0.2, 0) is 32.6 Å². The highest BCUT2D eigenvalue weighted by atomic mass is 79.9. The highest BCUT2D eigenvalue weighted by molar-refractivity contribution is 9.10. The maximum atomic E-state index is 14.0. The minimum atomic E-state index is -3.79. The highest BCUT2D eigenvalue weighted by Crippen LogP contribution is 2.21. The Hall–Kier alpha value is -3.17. The van der Waals surface area contributed by atoms with Gasteiger partial charge in [0.25, 0.3) is 0 Å². The van der Waals surface area contributed by atoms with Crippen LogP contribution in [0.3, 0.4) is 0 Å². The number of anilines is 1. The number of carbonyl (C=O) groups excluding carboxylic acids is 2. The van der Waals surface area contributed by atoms with Gasteiger partial charge >= 0.3 is 0 Å². The van der Waals surface area contributed by atoms with Crippen LogP contribution in [0.4, 0.5) is 5.69 Å². The van der Waals surface area contributed by atoms with E-state index in [1.54, 1.807) is 24.3 Å². The molecule has 0 saturated heterocycles. The van der Waals surface area contributed by atoms with Gasteiger partial charge in [0, 0.05) is 23.5 Å². The fourth-order valence-corrected chi connectivity index (χ4v) is 5.22. The second-order valence-electron chi connectivity index (χ2n) is 9.78. The van der Waals surface area contributed by atoms with Crippen molar-refractivity contribution in [2.75, 3.05) is 17.1 Å². The van der Waals surface area contributed by atoms with E-state index in [2.05, 4.69) is 21.2 Å². The topological polar surface area (TPSA) is 86.8 Å². The zero-order valence-corrected chi connectivity index (χ0v) is 25.2. The normalized spacial score (nSPS) is 12.8. The first kappa shape index (κ1) is 30.4. The first-order valence-corrected chi connectivity index (χ1v) is 15.5. The van der Waals surface area contributed by atoms with E-state index in [1.807, 2.05) is 75.4 Å². The molecule has 0 aromatic heterocycles. The molecule has 208 valence electrons. The van der Waals surface area contributed by atoms with Crippen molar-refractivity contribution in [2.45, 2.75) is 52.2 Å². The average molecular weight is 615 g/mol. The predicted octanol–water partition coefficient (Wildman–Crippen LogP) is 5.08. The molecule has 3 aromatic rings. The number of sulfonamides is 1. The Kier molecular flexibility index (Phi) is 10.7. The summed E-state index contributed by atoms with van der Waals surface area (Å²) in [5.41, 5.74) is 3.08. The smallest absolute Gasteiger partial charge is 0.244 e. The Morgan fingerprint density at radius 2 is 1.54 bits per heavy atom. The molecule has 0 aliphatic rings. The van der Waals surface area contributed by atoms with Gasteiger partial charge in [0.2, 0.25) is 21.8 Å². The first-order chi connectivity index (χ1) is 18.5. The molecule has 3 aromatic carbocycles. The lowest BCUT2D eigenvalue weighted by atomic mass is 10.0. The molecule has 39 heavy (non-hydrogen) atoms. The van der Waals surface area contributed by atoms with Gasteiger partial charge in [0.1, 0.15) is 12.6 Å². The van der Waals surface area contributed by atoms with Gasteiger partial charge in [-0.25, -0.2) is 8.42 Å². The summed E-state index contributed by atoms with van der Waals surface area (Å²) in [5.74, 6) is -0.746. The lowest BCUT2D eigenvalue weighted by Gasteiger charge is -2.34. The van der Waals surface area contributed by atoms with Crippen molar-refractivity contribution in [3.05, 3.63) is 100 Å². The Labute approximate surface area is 240 Å². The Morgan fingerprint density at radius 3 is 2.10 bits per heavy atom. The summed E-state index contributed by atoms with van der Waals surface area (Å²) in [4.78, 5) is 29.2. The monoisotopic (exact) mass is 613 g/mol. The molecule has 0 fully saturated rings. The molecule has 1 N–H and O–H groups in total. The van der Waals surface area contributed by atoms with E-state index < -0.39 is 28.5 Å². The third-order valence-corrected chi connectivity index (χ3v) is 8.21. The van der Waals surface area contributed by atoms with Crippen molar-refractivity contribution in [1.82, 2.24) is 10.2 Å². The number of nitrogens with one attached hydrogen (secondary N) is 1. The molecule has 2 atom stereocenters. The van der Waals surface area contributed by atoms with Crippen LogP contribution in [0.25, 0.3) is 0 Å². The second kappa shape index (κ2) is 13.8. The standard InChI is InChI=1S/C30H36BrN3O4S/c1-5-23(3)32-30(36)28(19-24-9-7-6-8-10-24)33(20-25-13-15-26(31)16-14-25)29(35)21-34(39(4,37)38)27-17-11-22(2)12-18-27/h6-18,23,28H,5,19-21H2,1-4H3,(H,32,36)/t23-,28-/m1/s1. The summed E-state index contributed by atoms with van der Waals surface area (Å²) < 4.78 is 27.6. The molecule has 0 saturated carbocycles. The average Bonchev–Trinajstić information content (AvgIpc) is 2.90. The Balaban J connectivity index is 2.04. The van der Waals surface area contributed by atoms with Gasteiger partial charge < -0.3 is 10.2 Å². The molecule has 0 aliphatic heterocycles. The van der Waals surface area contributed by atoms with E-state index in [4.69, 9.17) is 0 Å². The first-order valence-electron chi connectivity index (χ1n) is 12.9. The predicted molar refractivity (Wildman–Crippen MR) is 160 cm³/mol. The van der Waals surface area contributed by atoms with Crippen molar-refractivity contribution >= 4 is 43.5 Å². The van der Waals surface area contributed by atoms with E-state index >= 15 is 0 Å². The van der Waals surface area contributed by atoms with Crippen molar-refractivity contribution in [2.24, 2.45) is 0 Å². The number of aryl methyl sites for hydroxylation is 1. The van der Waals surface area contributed by atoms with Crippen molar-refractivity contribution in [1.29, 1.82) is 0 Å². The maximum Gasteiger partial charge on any atom is 0.244 e. The molecule has 3 rings (SSSR count). The van der Waals surface area contributed by atoms with Gasteiger partial charge in [-0.3, -0.25) is 13.9 Å². The molecule has 2 amide bonds. The third-order valence-electron chi connectivity index (χ3n) is 6.54. The van der Waals surface area contributed by atoms with Gasteiger partial charge in [-0.05, 0) is 55.7 Å². The van der Waals surface area contributed by atoms with E-state index in [0.717, 1.165) is 38.1 Å². The van der Waals surface area contributed by atoms with Crippen LogP contribution in [-0.4, -0.2) is 50.0 Å². The van der Waals surface area contributed by atoms with Gasteiger partial charge in [0.05, 0.1) is 11.9 Å². The fraction of sp³-hybridized carbons (Fsp3) is 0.333. The molecular weight excluding hydrogens is 578 g/mol. The summed E-state index contributed by atoms with van der Waals surface area (Å²) in [5, 5.41) is 3.03. The van der Waals surface area contributed by atoms with Crippen LogP contribution in [0.5, 0.6) is 0 Å². The Bertz CT molecular complexity index is 1350. The minimum absolute atomic E-state index is 0.0829. The lowest BCUT2D eigenvalue weighted by Crippen LogP contribution is -2.54. The zero-order chi connectivity index (χ0) is 28.6. The SMILES string of the molecule is CC[C@@H](C)NC(=O)[C@@H](Cc1ccccc1)N(Cc1ccc(Br)cc1)C(=O)CN(c1ccc(C)cc1)S(C)(=O)=O. The summed E-state index contributed by atoms with van der Waals surface area (Å²) in [6, 6.07) is 23.1. The maximum absolute atomic E-state index is 14.0. The lowest BCUT2D eigenvalue weighted by molar-refractivity contribution is -0.140. The summed E-state index contributed by atoms with van der Waals surface area (Å²) >= 11 is 3.44. The number of halogens is 1. The minimum Gasteiger partial charge on any atom is -0.352 e.